The smallest absolute Gasteiger partial charge is 0.0404 e. The highest BCUT2D eigenvalue weighted by molar-refractivity contribution is 7.60. The molecule has 5 aliphatic carbocycles. The maximum atomic E-state index is 10.4. The van der Waals surface area contributed by atoms with E-state index in [9.17, 15) is 5.11 Å². The van der Waals surface area contributed by atoms with Crippen LogP contribution < -0.4 is 0 Å². The van der Waals surface area contributed by atoms with Gasteiger partial charge in [-0.3, -0.25) is 0 Å². The van der Waals surface area contributed by atoms with Crippen molar-refractivity contribution in [1.29, 1.82) is 0 Å². The summed E-state index contributed by atoms with van der Waals surface area (Å²) in [4.78, 5) is -0.766. The zero-order valence-electron chi connectivity index (χ0n) is 7.64. The van der Waals surface area contributed by atoms with Gasteiger partial charge in [-0.2, -0.15) is 0 Å². The van der Waals surface area contributed by atoms with Crippen LogP contribution in [0.3, 0.4) is 0 Å². The molecule has 14 heavy (non-hydrogen) atoms. The highest BCUT2D eigenvalue weighted by Gasteiger charge is 2.83. The third-order valence-corrected chi connectivity index (χ3v) is 7.44. The van der Waals surface area contributed by atoms with Crippen molar-refractivity contribution < 1.29 is 5.11 Å². The molecule has 5 fully saturated rings. The number of aliphatic hydroxyl groups is 1. The Kier molecular flexibility index (Phi) is 1.01. The van der Waals surface area contributed by atoms with E-state index >= 15 is 0 Å². The summed E-state index contributed by atoms with van der Waals surface area (Å²) in [6, 6.07) is 0. The lowest BCUT2D eigenvalue weighted by atomic mass is 9.59. The summed E-state index contributed by atoms with van der Waals surface area (Å²) < 4.78 is 0. The van der Waals surface area contributed by atoms with Gasteiger partial charge in [0, 0.05) is 5.38 Å². The molecule has 0 radical (unpaired) electrons. The second-order valence-corrected chi connectivity index (χ2v) is 7.28. The Morgan fingerprint density at radius 2 is 1.86 bits per heavy atom. The Morgan fingerprint density at radius 3 is 2.64 bits per heavy atom. The molecule has 0 spiro atoms. The van der Waals surface area contributed by atoms with E-state index in [1.54, 1.807) is 0 Å². The van der Waals surface area contributed by atoms with Crippen molar-refractivity contribution in [1.82, 2.24) is 0 Å². The summed E-state index contributed by atoms with van der Waals surface area (Å²) in [5.74, 6) is 5.18. The lowest BCUT2D eigenvalue weighted by molar-refractivity contribution is -0.0680. The fourth-order valence-electron chi connectivity index (χ4n) is 6.41. The van der Waals surface area contributed by atoms with E-state index in [-0.39, 0.29) is 0 Å². The van der Waals surface area contributed by atoms with E-state index in [1.807, 2.05) is 0 Å². The van der Waals surface area contributed by atoms with Crippen LogP contribution in [0.5, 0.6) is 0 Å². The predicted molar refractivity (Wildman–Crippen MR) is 54.5 cm³/mol. The molecular weight excluding hydrogens is 216 g/mol. The maximum Gasteiger partial charge on any atom is 0.0404 e. The van der Waals surface area contributed by atoms with Gasteiger partial charge in [-0.1, -0.05) is 0 Å². The first-order valence-corrected chi connectivity index (χ1v) is 6.55. The highest BCUT2D eigenvalue weighted by Crippen LogP contribution is 2.85. The van der Waals surface area contributed by atoms with Gasteiger partial charge in [0.15, 0.2) is 0 Å². The number of alkyl halides is 1. The fourth-order valence-corrected chi connectivity index (χ4v) is 7.72. The predicted octanol–water partition coefficient (Wildman–Crippen LogP) is 1.22. The molecule has 5 aliphatic rings. The minimum absolute atomic E-state index is 0.354. The van der Waals surface area contributed by atoms with Crippen LogP contribution in [0.1, 0.15) is 6.42 Å². The van der Waals surface area contributed by atoms with E-state index < -0.39 is 4.93 Å². The van der Waals surface area contributed by atoms with Crippen LogP contribution >= 0.6 is 11.6 Å². The zero-order chi connectivity index (χ0) is 9.40. The Labute approximate surface area is 93.6 Å². The summed E-state index contributed by atoms with van der Waals surface area (Å²) in [7, 11) is 0. The van der Waals surface area contributed by atoms with Crippen LogP contribution in [0, 0.1) is 47.3 Å². The van der Waals surface area contributed by atoms with Gasteiger partial charge in [-0.15, -0.1) is 11.6 Å². The fraction of sp³-hybridized carbons (Fsp3) is 1.00. The van der Waals surface area contributed by atoms with Gasteiger partial charge in [0.1, 0.15) is 0 Å². The van der Waals surface area contributed by atoms with Crippen LogP contribution in [0.25, 0.3) is 0 Å². The summed E-state index contributed by atoms with van der Waals surface area (Å²) in [5.41, 5.74) is 0. The molecule has 76 valence electrons. The first kappa shape index (κ1) is 7.81. The summed E-state index contributed by atoms with van der Waals surface area (Å²) in [6.07, 6.45) is 1.33. The van der Waals surface area contributed by atoms with Gasteiger partial charge in [0.2, 0.25) is 0 Å². The third kappa shape index (κ3) is 0.462. The molecule has 0 aromatic heterocycles. The Morgan fingerprint density at radius 1 is 1.07 bits per heavy atom. The van der Waals surface area contributed by atoms with Gasteiger partial charge in [-0.05, 0) is 58.7 Å². The number of hydrogen-bond donors (Lipinski definition) is 1. The molecule has 5 saturated carbocycles. The largest absolute Gasteiger partial charge is 0.757 e. The third-order valence-electron chi connectivity index (χ3n) is 6.31. The quantitative estimate of drug-likeness (QED) is 0.496. The van der Waals surface area contributed by atoms with Crippen LogP contribution in [0.15, 0.2) is 0 Å². The Balaban J connectivity index is 1.83. The number of rotatable bonds is 0. The average Bonchev–Trinajstić information content (AvgIpc) is 2.52. The molecular formula is C11H12ClOS-. The minimum Gasteiger partial charge on any atom is -0.757 e. The molecule has 10 atom stereocenters. The van der Waals surface area contributed by atoms with E-state index in [2.05, 4.69) is 0 Å². The molecule has 1 N–H and O–H groups in total. The van der Waals surface area contributed by atoms with Gasteiger partial charge >= 0.3 is 0 Å². The van der Waals surface area contributed by atoms with Crippen molar-refractivity contribution in [3.8, 4) is 0 Å². The lowest BCUT2D eigenvalue weighted by Crippen LogP contribution is -2.56. The molecule has 0 aliphatic heterocycles. The van der Waals surface area contributed by atoms with E-state index in [4.69, 9.17) is 24.2 Å². The van der Waals surface area contributed by atoms with Crippen molar-refractivity contribution >= 4 is 24.2 Å². The van der Waals surface area contributed by atoms with Crippen molar-refractivity contribution in [3.63, 3.8) is 0 Å². The summed E-state index contributed by atoms with van der Waals surface area (Å²) >= 11 is 12.0. The monoisotopic (exact) mass is 227 g/mol. The second-order valence-electron chi connectivity index (χ2n) is 6.12. The Hall–Kier alpha value is 0.600. The van der Waals surface area contributed by atoms with Gasteiger partial charge < -0.3 is 17.7 Å². The van der Waals surface area contributed by atoms with Crippen molar-refractivity contribution in [2.45, 2.75) is 16.7 Å². The molecule has 10 unspecified atom stereocenters. The van der Waals surface area contributed by atoms with Gasteiger partial charge in [0.05, 0.1) is 0 Å². The lowest BCUT2D eigenvalue weighted by Gasteiger charge is -2.57. The standard InChI is InChI=1S/C11H13ClOS/c12-10-6-2-1-3-5-4(2)7(10)9(5)11(13,14)8(3)6/h2-10,13-14H,1H2/p-1. The molecule has 5 rings (SSSR count). The second kappa shape index (κ2) is 1.80. The topological polar surface area (TPSA) is 20.2 Å². The molecule has 1 nitrogen and oxygen atoms in total. The Bertz CT molecular complexity index is 357. The molecule has 0 heterocycles. The molecule has 0 saturated heterocycles. The highest BCUT2D eigenvalue weighted by atomic mass is 35.5. The summed E-state index contributed by atoms with van der Waals surface area (Å²) in [6.45, 7) is 0. The zero-order valence-corrected chi connectivity index (χ0v) is 9.21. The average molecular weight is 228 g/mol. The number of hydrogen-bond acceptors (Lipinski definition) is 2. The van der Waals surface area contributed by atoms with Crippen LogP contribution in [-0.4, -0.2) is 15.4 Å². The van der Waals surface area contributed by atoms with Crippen molar-refractivity contribution in [2.24, 2.45) is 47.3 Å². The molecule has 0 aromatic carbocycles. The molecule has 0 aromatic rings. The minimum atomic E-state index is -0.766. The first-order valence-electron chi connectivity index (χ1n) is 5.71. The van der Waals surface area contributed by atoms with Crippen LogP contribution in [0.2, 0.25) is 0 Å². The van der Waals surface area contributed by atoms with Crippen molar-refractivity contribution in [2.75, 3.05) is 0 Å². The SMILES string of the molecule is OC1([S-])C2C3CC4C5C(C(Cl)C42)C1C35. The van der Waals surface area contributed by atoms with Crippen molar-refractivity contribution in [3.05, 3.63) is 0 Å². The van der Waals surface area contributed by atoms with Crippen LogP contribution in [0.4, 0.5) is 0 Å². The normalized spacial score (nSPS) is 85.5. The maximum absolute atomic E-state index is 10.4. The van der Waals surface area contributed by atoms with Crippen LogP contribution in [-0.2, 0) is 12.6 Å². The number of fused-ring (bicyclic) bond motifs is 2. The molecule has 2 bridgehead atoms. The van der Waals surface area contributed by atoms with E-state index in [0.29, 0.717) is 29.0 Å². The summed E-state index contributed by atoms with van der Waals surface area (Å²) in [5, 5.41) is 10.8. The number of halogens is 1. The van der Waals surface area contributed by atoms with Gasteiger partial charge in [0.25, 0.3) is 0 Å². The molecule has 0 amide bonds. The van der Waals surface area contributed by atoms with E-state index in [1.165, 1.54) is 6.42 Å². The van der Waals surface area contributed by atoms with Gasteiger partial charge in [-0.25, -0.2) is 0 Å². The first-order chi connectivity index (χ1) is 6.64. The van der Waals surface area contributed by atoms with E-state index in [0.717, 1.165) is 23.7 Å². The molecule has 3 heteroatoms.